The maximum absolute atomic E-state index is 15.8. The molecule has 214 valence electrons. The third-order valence-electron chi connectivity index (χ3n) is 8.23. The smallest absolute Gasteiger partial charge is 0.132 e. The van der Waals surface area contributed by atoms with Crippen LogP contribution in [0, 0.1) is 39.3 Å². The molecule has 4 aromatic carbocycles. The van der Waals surface area contributed by atoms with Gasteiger partial charge in [-0.2, -0.15) is 0 Å². The molecule has 5 heteroatoms. The molecule has 1 fully saturated rings. The number of hydrogen-bond acceptors (Lipinski definition) is 1. The number of nitrogens with zero attached hydrogens (tertiary/aromatic N) is 1. The summed E-state index contributed by atoms with van der Waals surface area (Å²) in [6, 6.07) is 27.7. The van der Waals surface area contributed by atoms with Gasteiger partial charge in [0.1, 0.15) is 11.6 Å². The number of halogens is 2. The van der Waals surface area contributed by atoms with E-state index in [1.165, 1.54) is 45.5 Å². The van der Waals surface area contributed by atoms with Gasteiger partial charge in [0.15, 0.2) is 0 Å². The molecule has 1 aliphatic heterocycles. The predicted molar refractivity (Wildman–Crippen MR) is 174 cm³/mol. The van der Waals surface area contributed by atoms with Crippen LogP contribution in [0.1, 0.15) is 77.3 Å². The molecule has 1 saturated heterocycles. The Morgan fingerprint density at radius 2 is 1.27 bits per heavy atom. The van der Waals surface area contributed by atoms with Crippen molar-refractivity contribution in [1.82, 2.24) is 4.44 Å². The van der Waals surface area contributed by atoms with Gasteiger partial charge in [-0.1, -0.05) is 85.1 Å². The van der Waals surface area contributed by atoms with Crippen LogP contribution in [0.25, 0.3) is 0 Å². The zero-order chi connectivity index (χ0) is 29.1. The van der Waals surface area contributed by atoms with Gasteiger partial charge >= 0.3 is 0 Å². The number of hydrogen-bond donors (Lipinski definition) is 0. The van der Waals surface area contributed by atoms with Crippen LogP contribution in [0.15, 0.2) is 84.9 Å². The fourth-order valence-electron chi connectivity index (χ4n) is 6.51. The van der Waals surface area contributed by atoms with Crippen LogP contribution in [0.2, 0.25) is 0 Å². The predicted octanol–water partition coefficient (Wildman–Crippen LogP) is 10.3. The van der Waals surface area contributed by atoms with E-state index in [2.05, 4.69) is 75.5 Å². The van der Waals surface area contributed by atoms with Crippen molar-refractivity contribution in [2.45, 2.75) is 71.6 Å². The lowest BCUT2D eigenvalue weighted by molar-refractivity contribution is 0.617. The summed E-state index contributed by atoms with van der Waals surface area (Å²) in [6.07, 6.45) is 4.17. The zero-order valence-electron chi connectivity index (χ0n) is 24.9. The Labute approximate surface area is 247 Å². The molecule has 0 aromatic heterocycles. The second kappa shape index (κ2) is 13.2. The number of benzene rings is 4. The van der Waals surface area contributed by atoms with Crippen LogP contribution in [0.3, 0.4) is 0 Å². The van der Waals surface area contributed by atoms with E-state index in [4.69, 9.17) is 0 Å². The summed E-state index contributed by atoms with van der Waals surface area (Å²) in [6.45, 7) is 11.8. The number of aryl methyl sites for hydroxylation is 4. The van der Waals surface area contributed by atoms with Gasteiger partial charge in [0, 0.05) is 36.5 Å². The molecular weight excluding hydrogens is 546 g/mol. The van der Waals surface area contributed by atoms with Crippen LogP contribution in [-0.4, -0.2) is 11.0 Å². The maximum atomic E-state index is 15.8. The molecule has 5 rings (SSSR count). The zero-order valence-corrected chi connectivity index (χ0v) is 26.7. The highest BCUT2D eigenvalue weighted by molar-refractivity contribution is 7.79. The number of unbranched alkanes of at least 4 members (excludes halogenated alkanes) is 1. The summed E-state index contributed by atoms with van der Waals surface area (Å²) in [5.41, 5.74) is 8.66. The molecule has 41 heavy (non-hydrogen) atoms. The second-order valence-corrected chi connectivity index (χ2v) is 16.3. The van der Waals surface area contributed by atoms with Gasteiger partial charge in [-0.3, -0.25) is 4.44 Å². The van der Waals surface area contributed by atoms with E-state index in [9.17, 15) is 0 Å². The van der Waals surface area contributed by atoms with Gasteiger partial charge in [-0.25, -0.2) is 8.78 Å². The highest BCUT2D eigenvalue weighted by Gasteiger charge is 2.45. The van der Waals surface area contributed by atoms with Crippen molar-refractivity contribution in [1.29, 1.82) is 0 Å². The molecule has 4 aromatic rings. The lowest BCUT2D eigenvalue weighted by Crippen LogP contribution is -2.30. The molecule has 1 nitrogen and oxygen atoms in total. The fraction of sp³-hybridized carbons (Fsp3) is 0.333. The molecule has 0 N–H and O–H groups in total. The Morgan fingerprint density at radius 1 is 0.732 bits per heavy atom. The molecule has 0 saturated carbocycles. The van der Waals surface area contributed by atoms with E-state index in [1.54, 1.807) is 12.1 Å². The Hall–Kier alpha value is -2.44. The third kappa shape index (κ3) is 6.34. The van der Waals surface area contributed by atoms with E-state index >= 15 is 8.78 Å². The van der Waals surface area contributed by atoms with Crippen molar-refractivity contribution in [3.63, 3.8) is 0 Å². The third-order valence-corrected chi connectivity index (χ3v) is 14.8. The molecule has 1 aliphatic rings. The Kier molecular flexibility index (Phi) is 9.70. The maximum Gasteiger partial charge on any atom is 0.132 e. The van der Waals surface area contributed by atoms with E-state index < -0.39 is 16.1 Å². The quantitative estimate of drug-likeness (QED) is 0.176. The second-order valence-electron chi connectivity index (χ2n) is 11.4. The van der Waals surface area contributed by atoms with Crippen molar-refractivity contribution < 1.29 is 8.78 Å². The summed E-state index contributed by atoms with van der Waals surface area (Å²) in [4.78, 5) is 0. The van der Waals surface area contributed by atoms with Gasteiger partial charge < -0.3 is 0 Å². The van der Waals surface area contributed by atoms with Crippen LogP contribution < -0.4 is 10.6 Å². The first-order chi connectivity index (χ1) is 19.8. The Balaban J connectivity index is 1.77. The summed E-state index contributed by atoms with van der Waals surface area (Å²) < 4.78 is 34.2. The highest BCUT2D eigenvalue weighted by atomic mass is 31.2. The minimum absolute atomic E-state index is 0.246. The molecule has 0 radical (unpaired) electrons. The average Bonchev–Trinajstić information content (AvgIpc) is 3.36. The minimum atomic E-state index is -1.44. The molecule has 0 aliphatic carbocycles. The molecule has 1 heterocycles. The molecule has 0 bridgehead atoms. The van der Waals surface area contributed by atoms with Crippen LogP contribution in [0.5, 0.6) is 0 Å². The van der Waals surface area contributed by atoms with Gasteiger partial charge in [0.05, 0.1) is 0 Å². The first-order valence-electron chi connectivity index (χ1n) is 14.8. The SMILES string of the molecule is CCCCN(P(c1ccccc1F)c1ccccc1F)P1[C@H](c2cc(C)cc(C)c2)CC[C@H]1c1c(C)cccc1C. The minimum Gasteiger partial charge on any atom is -0.251 e. The Morgan fingerprint density at radius 3 is 1.80 bits per heavy atom. The Bertz CT molecular complexity index is 1420. The lowest BCUT2D eigenvalue weighted by Gasteiger charge is -2.43. The van der Waals surface area contributed by atoms with Gasteiger partial charge in [0.25, 0.3) is 0 Å². The van der Waals surface area contributed by atoms with E-state index in [1.807, 2.05) is 24.3 Å². The molecular formula is C36H41F2NP2. The van der Waals surface area contributed by atoms with Crippen LogP contribution >= 0.6 is 16.1 Å². The molecule has 1 unspecified atom stereocenters. The van der Waals surface area contributed by atoms with Crippen molar-refractivity contribution >= 4 is 26.8 Å². The van der Waals surface area contributed by atoms with Crippen molar-refractivity contribution in [3.05, 3.63) is 130 Å². The highest BCUT2D eigenvalue weighted by Crippen LogP contribution is 2.76. The van der Waals surface area contributed by atoms with Gasteiger partial charge in [-0.05, 0) is 102 Å². The first kappa shape index (κ1) is 30.0. The molecule has 0 spiro atoms. The van der Waals surface area contributed by atoms with E-state index in [-0.39, 0.29) is 11.6 Å². The summed E-state index contributed by atoms with van der Waals surface area (Å²) in [7, 11) is -2.27. The standard InChI is InChI=1S/C36H41F2NP2/c1-6-7-21-39(41(33-17-10-8-15-30(33)37)34-18-11-9-16-31(34)38)40-32(29-23-25(2)22-26(3)24-29)19-20-35(40)36-27(4)13-12-14-28(36)5/h8-18,22-24,32,35H,6-7,19-21H2,1-5H3/t32-,35-,40?/m0/s1. The topological polar surface area (TPSA) is 3.24 Å². The fourth-order valence-corrected chi connectivity index (χ4v) is 14.2. The molecule has 3 atom stereocenters. The van der Waals surface area contributed by atoms with Crippen molar-refractivity contribution in [3.8, 4) is 0 Å². The van der Waals surface area contributed by atoms with Crippen molar-refractivity contribution in [2.24, 2.45) is 0 Å². The first-order valence-corrected chi connectivity index (χ1v) is 17.5. The monoisotopic (exact) mass is 587 g/mol. The largest absolute Gasteiger partial charge is 0.251 e. The summed E-state index contributed by atoms with van der Waals surface area (Å²) in [5, 5.41) is 1.25. The van der Waals surface area contributed by atoms with Gasteiger partial charge in [-0.15, -0.1) is 0 Å². The summed E-state index contributed by atoms with van der Waals surface area (Å²) in [5.74, 6) is -0.492. The van der Waals surface area contributed by atoms with E-state index in [0.29, 0.717) is 21.9 Å². The van der Waals surface area contributed by atoms with Crippen LogP contribution in [-0.2, 0) is 0 Å². The van der Waals surface area contributed by atoms with Crippen LogP contribution in [0.4, 0.5) is 8.78 Å². The summed E-state index contributed by atoms with van der Waals surface area (Å²) >= 11 is 0. The van der Waals surface area contributed by atoms with Gasteiger partial charge in [0.2, 0.25) is 0 Å². The average molecular weight is 588 g/mol. The van der Waals surface area contributed by atoms with Crippen molar-refractivity contribution in [2.75, 3.05) is 6.54 Å². The lowest BCUT2D eigenvalue weighted by atomic mass is 9.96. The number of rotatable bonds is 9. The van der Waals surface area contributed by atoms with E-state index in [0.717, 1.165) is 32.2 Å². The molecule has 0 amide bonds. The normalized spacial score (nSPS) is 18.9.